The Labute approximate surface area is 247 Å². The van der Waals surface area contributed by atoms with Crippen molar-refractivity contribution in [3.63, 3.8) is 0 Å². The number of para-hydroxylation sites is 1. The molecule has 1 saturated heterocycles. The van der Waals surface area contributed by atoms with Crippen molar-refractivity contribution in [3.05, 3.63) is 88.4 Å². The van der Waals surface area contributed by atoms with Crippen LogP contribution in [0.1, 0.15) is 29.4 Å². The SMILES string of the molecule is CCCn1c(C)c(C(=O)Nc2ccc(Oc3cc(NC(=O)N4CCN(C)CC4)ncn3)c(F)c2)c(=O)n1-c1ccccc1. The fourth-order valence-electron chi connectivity index (χ4n) is 4.85. The fraction of sp³-hybridized carbons (Fsp3) is 0.300. The zero-order chi connectivity index (χ0) is 30.5. The molecule has 0 aliphatic carbocycles. The van der Waals surface area contributed by atoms with E-state index in [1.165, 1.54) is 29.2 Å². The average Bonchev–Trinajstić information content (AvgIpc) is 3.24. The van der Waals surface area contributed by atoms with E-state index in [9.17, 15) is 14.4 Å². The van der Waals surface area contributed by atoms with Crippen LogP contribution in [-0.2, 0) is 6.54 Å². The number of nitrogens with one attached hydrogen (secondary N) is 2. The summed E-state index contributed by atoms with van der Waals surface area (Å²) in [6.07, 6.45) is 1.96. The largest absolute Gasteiger partial charge is 0.436 e. The lowest BCUT2D eigenvalue weighted by Gasteiger charge is -2.32. The van der Waals surface area contributed by atoms with Gasteiger partial charge in [0.15, 0.2) is 11.6 Å². The molecule has 3 amide bonds. The van der Waals surface area contributed by atoms with Crippen molar-refractivity contribution in [2.24, 2.45) is 0 Å². The van der Waals surface area contributed by atoms with Gasteiger partial charge in [-0.1, -0.05) is 25.1 Å². The Bertz CT molecular complexity index is 1680. The van der Waals surface area contributed by atoms with Crippen LogP contribution in [0.2, 0.25) is 0 Å². The normalized spacial score (nSPS) is 13.5. The summed E-state index contributed by atoms with van der Waals surface area (Å²) in [5.41, 5.74) is 0.806. The first kappa shape index (κ1) is 29.5. The van der Waals surface area contributed by atoms with Crippen LogP contribution in [0.5, 0.6) is 11.6 Å². The zero-order valence-electron chi connectivity index (χ0n) is 24.2. The Morgan fingerprint density at radius 2 is 1.74 bits per heavy atom. The van der Waals surface area contributed by atoms with Crippen LogP contribution < -0.4 is 20.9 Å². The maximum atomic E-state index is 15.1. The minimum atomic E-state index is -0.763. The molecule has 1 aliphatic rings. The number of urea groups is 1. The zero-order valence-corrected chi connectivity index (χ0v) is 24.2. The number of aromatic nitrogens is 4. The minimum absolute atomic E-state index is 0.0220. The van der Waals surface area contributed by atoms with Gasteiger partial charge in [0.25, 0.3) is 11.5 Å². The third-order valence-corrected chi connectivity index (χ3v) is 7.13. The van der Waals surface area contributed by atoms with E-state index in [1.54, 1.807) is 28.6 Å². The van der Waals surface area contributed by atoms with Crippen molar-refractivity contribution in [2.75, 3.05) is 43.9 Å². The summed E-state index contributed by atoms with van der Waals surface area (Å²) in [5, 5.41) is 5.34. The Kier molecular flexibility index (Phi) is 8.81. The van der Waals surface area contributed by atoms with Crippen LogP contribution in [0.4, 0.5) is 20.7 Å². The molecule has 13 heteroatoms. The van der Waals surface area contributed by atoms with Gasteiger partial charge in [-0.15, -0.1) is 0 Å². The van der Waals surface area contributed by atoms with Crippen molar-refractivity contribution in [1.82, 2.24) is 29.1 Å². The first-order valence-electron chi connectivity index (χ1n) is 14.0. The van der Waals surface area contributed by atoms with Gasteiger partial charge in [-0.05, 0) is 44.7 Å². The van der Waals surface area contributed by atoms with E-state index in [1.807, 2.05) is 32.2 Å². The molecule has 43 heavy (non-hydrogen) atoms. The first-order chi connectivity index (χ1) is 20.7. The summed E-state index contributed by atoms with van der Waals surface area (Å²) in [4.78, 5) is 51.1. The van der Waals surface area contributed by atoms with Crippen molar-refractivity contribution in [3.8, 4) is 17.3 Å². The molecule has 0 spiro atoms. The standard InChI is InChI=1S/C30H33FN8O4/c1-4-12-38-20(2)27(29(41)39(38)22-8-6-5-7-9-22)28(40)34-21-10-11-24(23(31)17-21)43-26-18-25(32-19-33-26)35-30(42)37-15-13-36(3)14-16-37/h5-11,17-19H,4,12-16H2,1-3H3,(H,34,40)(H,32,33,35,42). The Hall–Kier alpha value is -5.04. The summed E-state index contributed by atoms with van der Waals surface area (Å²) >= 11 is 0. The van der Waals surface area contributed by atoms with E-state index in [4.69, 9.17) is 4.74 Å². The molecule has 0 saturated carbocycles. The molecule has 224 valence electrons. The van der Waals surface area contributed by atoms with Crippen molar-refractivity contribution in [1.29, 1.82) is 0 Å². The molecule has 4 aromatic rings. The number of likely N-dealkylation sites (N-methyl/N-ethyl adjacent to an activating group) is 1. The maximum absolute atomic E-state index is 15.1. The van der Waals surface area contributed by atoms with E-state index in [0.717, 1.165) is 25.6 Å². The van der Waals surface area contributed by atoms with Crippen LogP contribution in [0.25, 0.3) is 5.69 Å². The summed E-state index contributed by atoms with van der Waals surface area (Å²) in [6.45, 7) is 6.98. The highest BCUT2D eigenvalue weighted by molar-refractivity contribution is 6.05. The molecule has 2 aromatic heterocycles. The lowest BCUT2D eigenvalue weighted by Crippen LogP contribution is -2.48. The molecule has 2 N–H and O–H groups in total. The molecule has 3 heterocycles. The van der Waals surface area contributed by atoms with Gasteiger partial charge in [-0.25, -0.2) is 23.8 Å². The Morgan fingerprint density at radius 3 is 2.44 bits per heavy atom. The number of hydrogen-bond acceptors (Lipinski definition) is 7. The van der Waals surface area contributed by atoms with E-state index in [2.05, 4.69) is 25.5 Å². The monoisotopic (exact) mass is 588 g/mol. The molecule has 0 unspecified atom stereocenters. The van der Waals surface area contributed by atoms with Crippen molar-refractivity contribution < 1.29 is 18.7 Å². The van der Waals surface area contributed by atoms with E-state index < -0.39 is 17.3 Å². The molecule has 0 bridgehead atoms. The lowest BCUT2D eigenvalue weighted by molar-refractivity contribution is 0.102. The van der Waals surface area contributed by atoms with Crippen LogP contribution in [0, 0.1) is 12.7 Å². The number of ether oxygens (including phenoxy) is 1. The molecule has 0 atom stereocenters. The second-order valence-corrected chi connectivity index (χ2v) is 10.2. The van der Waals surface area contributed by atoms with Gasteiger partial charge in [-0.2, -0.15) is 0 Å². The maximum Gasteiger partial charge on any atom is 0.323 e. The van der Waals surface area contributed by atoms with Gasteiger partial charge >= 0.3 is 6.03 Å². The predicted octanol–water partition coefficient (Wildman–Crippen LogP) is 4.11. The lowest BCUT2D eigenvalue weighted by atomic mass is 10.2. The smallest absolute Gasteiger partial charge is 0.323 e. The average molecular weight is 589 g/mol. The number of nitrogens with zero attached hydrogens (tertiary/aromatic N) is 6. The molecule has 1 aliphatic heterocycles. The molecule has 12 nitrogen and oxygen atoms in total. The van der Waals surface area contributed by atoms with Crippen LogP contribution >= 0.6 is 0 Å². The summed E-state index contributed by atoms with van der Waals surface area (Å²) in [5.74, 6) is -1.32. The predicted molar refractivity (Wildman–Crippen MR) is 160 cm³/mol. The number of halogens is 1. The molecule has 2 aromatic carbocycles. The minimum Gasteiger partial charge on any atom is -0.436 e. The summed E-state index contributed by atoms with van der Waals surface area (Å²) in [6, 6.07) is 14.1. The number of anilines is 2. The topological polar surface area (TPSA) is 127 Å². The molecule has 1 fully saturated rings. The van der Waals surface area contributed by atoms with E-state index in [-0.39, 0.29) is 34.7 Å². The van der Waals surface area contributed by atoms with Crippen LogP contribution in [0.15, 0.2) is 65.7 Å². The quantitative estimate of drug-likeness (QED) is 0.317. The van der Waals surface area contributed by atoms with E-state index in [0.29, 0.717) is 31.0 Å². The number of rotatable bonds is 8. The van der Waals surface area contributed by atoms with Gasteiger partial charge in [0.1, 0.15) is 17.7 Å². The molecule has 5 rings (SSSR count). The highest BCUT2D eigenvalue weighted by Crippen LogP contribution is 2.27. The molecular formula is C30H33FN8O4. The highest BCUT2D eigenvalue weighted by atomic mass is 19.1. The highest BCUT2D eigenvalue weighted by Gasteiger charge is 2.24. The molecular weight excluding hydrogens is 555 g/mol. The third-order valence-electron chi connectivity index (χ3n) is 7.13. The number of benzene rings is 2. The number of carbonyl (C=O) groups excluding carboxylic acids is 2. The summed E-state index contributed by atoms with van der Waals surface area (Å²) < 4.78 is 23.9. The van der Waals surface area contributed by atoms with Crippen LogP contribution in [0.3, 0.4) is 0 Å². The number of amides is 3. The van der Waals surface area contributed by atoms with Crippen molar-refractivity contribution >= 4 is 23.4 Å². The van der Waals surface area contributed by atoms with Crippen LogP contribution in [-0.4, -0.2) is 74.3 Å². The van der Waals surface area contributed by atoms with Gasteiger partial charge in [0, 0.05) is 50.5 Å². The third kappa shape index (κ3) is 6.56. The number of carbonyl (C=O) groups is 2. The number of piperazine rings is 1. The Balaban J connectivity index is 1.29. The van der Waals surface area contributed by atoms with Gasteiger partial charge in [0.05, 0.1) is 11.4 Å². The fourth-order valence-corrected chi connectivity index (χ4v) is 4.85. The van der Waals surface area contributed by atoms with Gasteiger partial charge in [-0.3, -0.25) is 19.6 Å². The number of hydrogen-bond donors (Lipinski definition) is 2. The second kappa shape index (κ2) is 12.9. The first-order valence-corrected chi connectivity index (χ1v) is 14.0. The summed E-state index contributed by atoms with van der Waals surface area (Å²) in [7, 11) is 2.00. The Morgan fingerprint density at radius 1 is 1.00 bits per heavy atom. The van der Waals surface area contributed by atoms with E-state index >= 15 is 4.39 Å². The van der Waals surface area contributed by atoms with Gasteiger partial charge < -0.3 is 19.9 Å². The van der Waals surface area contributed by atoms with Gasteiger partial charge in [0.2, 0.25) is 5.88 Å². The molecule has 0 radical (unpaired) electrons. The van der Waals surface area contributed by atoms with Crippen molar-refractivity contribution in [2.45, 2.75) is 26.8 Å². The second-order valence-electron chi connectivity index (χ2n) is 10.2.